The van der Waals surface area contributed by atoms with Gasteiger partial charge in [0, 0.05) is 31.0 Å². The van der Waals surface area contributed by atoms with Gasteiger partial charge in [0.15, 0.2) is 0 Å². The lowest BCUT2D eigenvalue weighted by molar-refractivity contribution is -0.130. The van der Waals surface area contributed by atoms with E-state index in [9.17, 15) is 4.79 Å². The molecule has 0 saturated carbocycles. The molecule has 1 amide bonds. The summed E-state index contributed by atoms with van der Waals surface area (Å²) in [5.74, 6) is 1.24. The third kappa shape index (κ3) is 3.77. The van der Waals surface area contributed by atoms with Crippen molar-refractivity contribution in [3.05, 3.63) is 36.2 Å². The Morgan fingerprint density at radius 1 is 1.38 bits per heavy atom. The number of aryl methyl sites for hydroxylation is 1. The van der Waals surface area contributed by atoms with Crippen molar-refractivity contribution in [1.29, 1.82) is 0 Å². The summed E-state index contributed by atoms with van der Waals surface area (Å²) in [5.41, 5.74) is 6.86. The molecule has 0 aliphatic carbocycles. The van der Waals surface area contributed by atoms with Crippen molar-refractivity contribution in [2.24, 2.45) is 11.1 Å². The predicted molar refractivity (Wildman–Crippen MR) is 94.1 cm³/mol. The fraction of sp³-hybridized carbons (Fsp3) is 0.412. The smallest absolute Gasteiger partial charge is 0.232 e. The standard InChI is InChI=1S/C17H21N3O3.ClH/c1-12-10-19-15(23-12)13-3-2-4-14(9-13)20-16(21)17(11-18)5-7-22-8-6-17;/h2-4,9-10H,5-8,11,18H2,1H3,(H,20,21);1H. The average Bonchev–Trinajstić information content (AvgIpc) is 3.02. The highest BCUT2D eigenvalue weighted by molar-refractivity contribution is 5.96. The Balaban J connectivity index is 0.00000208. The Kier molecular flexibility index (Phi) is 5.99. The number of amides is 1. The van der Waals surface area contributed by atoms with Crippen LogP contribution in [0, 0.1) is 12.3 Å². The lowest BCUT2D eigenvalue weighted by Gasteiger charge is -2.34. The fourth-order valence-electron chi connectivity index (χ4n) is 2.77. The number of hydrogen-bond donors (Lipinski definition) is 2. The van der Waals surface area contributed by atoms with E-state index in [0.717, 1.165) is 11.3 Å². The number of nitrogens with two attached hydrogens (primary N) is 1. The van der Waals surface area contributed by atoms with Crippen molar-refractivity contribution in [3.63, 3.8) is 0 Å². The minimum Gasteiger partial charge on any atom is -0.441 e. The van der Waals surface area contributed by atoms with Crippen LogP contribution in [0.3, 0.4) is 0 Å². The van der Waals surface area contributed by atoms with Crippen LogP contribution in [0.25, 0.3) is 11.5 Å². The van der Waals surface area contributed by atoms with Gasteiger partial charge in [0.2, 0.25) is 11.8 Å². The second kappa shape index (κ2) is 7.79. The molecule has 0 unspecified atom stereocenters. The molecule has 1 aliphatic rings. The van der Waals surface area contributed by atoms with Gasteiger partial charge in [0.25, 0.3) is 0 Å². The molecule has 1 aromatic carbocycles. The van der Waals surface area contributed by atoms with Gasteiger partial charge in [-0.15, -0.1) is 12.4 Å². The molecule has 2 aromatic rings. The van der Waals surface area contributed by atoms with Crippen LogP contribution in [-0.2, 0) is 9.53 Å². The molecule has 6 nitrogen and oxygen atoms in total. The highest BCUT2D eigenvalue weighted by Crippen LogP contribution is 2.31. The zero-order valence-electron chi connectivity index (χ0n) is 13.6. The van der Waals surface area contributed by atoms with Crippen LogP contribution in [0.2, 0.25) is 0 Å². The van der Waals surface area contributed by atoms with E-state index in [1.807, 2.05) is 31.2 Å². The molecule has 130 valence electrons. The Morgan fingerprint density at radius 3 is 2.75 bits per heavy atom. The van der Waals surface area contributed by atoms with Crippen LogP contribution in [0.1, 0.15) is 18.6 Å². The van der Waals surface area contributed by atoms with E-state index in [-0.39, 0.29) is 18.3 Å². The number of nitrogens with one attached hydrogen (secondary N) is 1. The Hall–Kier alpha value is -1.89. The van der Waals surface area contributed by atoms with Gasteiger partial charge in [-0.05, 0) is 38.0 Å². The SMILES string of the molecule is Cc1cnc(-c2cccc(NC(=O)C3(CN)CCOCC3)c2)o1.Cl. The molecule has 0 atom stereocenters. The lowest BCUT2D eigenvalue weighted by Crippen LogP contribution is -2.46. The molecule has 0 bridgehead atoms. The quantitative estimate of drug-likeness (QED) is 0.883. The maximum Gasteiger partial charge on any atom is 0.232 e. The first-order chi connectivity index (χ1) is 11.1. The first kappa shape index (κ1) is 18.4. The monoisotopic (exact) mass is 351 g/mol. The summed E-state index contributed by atoms with van der Waals surface area (Å²) in [6.07, 6.45) is 2.97. The number of carbonyl (C=O) groups excluding carboxylic acids is 1. The number of rotatable bonds is 4. The van der Waals surface area contributed by atoms with Gasteiger partial charge in [0.05, 0.1) is 11.6 Å². The van der Waals surface area contributed by atoms with E-state index in [0.29, 0.717) is 44.2 Å². The summed E-state index contributed by atoms with van der Waals surface area (Å²) in [6, 6.07) is 7.46. The van der Waals surface area contributed by atoms with E-state index in [2.05, 4.69) is 10.3 Å². The summed E-state index contributed by atoms with van der Waals surface area (Å²) in [5, 5.41) is 2.98. The Morgan fingerprint density at radius 2 is 2.12 bits per heavy atom. The summed E-state index contributed by atoms with van der Waals surface area (Å²) in [4.78, 5) is 16.9. The van der Waals surface area contributed by atoms with Crippen molar-refractivity contribution < 1.29 is 13.9 Å². The molecule has 1 aromatic heterocycles. The van der Waals surface area contributed by atoms with Gasteiger partial charge >= 0.3 is 0 Å². The number of aromatic nitrogens is 1. The molecule has 1 saturated heterocycles. The highest BCUT2D eigenvalue weighted by atomic mass is 35.5. The third-order valence-electron chi connectivity index (χ3n) is 4.31. The first-order valence-corrected chi connectivity index (χ1v) is 7.75. The number of halogens is 1. The molecule has 24 heavy (non-hydrogen) atoms. The van der Waals surface area contributed by atoms with Gasteiger partial charge in [0.1, 0.15) is 5.76 Å². The van der Waals surface area contributed by atoms with E-state index >= 15 is 0 Å². The normalized spacial score (nSPS) is 16.2. The van der Waals surface area contributed by atoms with E-state index in [1.54, 1.807) is 6.20 Å². The van der Waals surface area contributed by atoms with Crippen LogP contribution < -0.4 is 11.1 Å². The summed E-state index contributed by atoms with van der Waals surface area (Å²) in [7, 11) is 0. The van der Waals surface area contributed by atoms with Crippen molar-refractivity contribution in [2.75, 3.05) is 25.1 Å². The zero-order valence-corrected chi connectivity index (χ0v) is 14.4. The highest BCUT2D eigenvalue weighted by Gasteiger charge is 2.38. The second-order valence-corrected chi connectivity index (χ2v) is 5.91. The number of benzene rings is 1. The number of nitrogens with zero attached hydrogens (tertiary/aromatic N) is 1. The number of hydrogen-bond acceptors (Lipinski definition) is 5. The molecule has 3 N–H and O–H groups in total. The number of anilines is 1. The number of carbonyl (C=O) groups is 1. The molecule has 0 spiro atoms. The Labute approximate surface area is 147 Å². The molecule has 1 aliphatic heterocycles. The van der Waals surface area contributed by atoms with Crippen LogP contribution in [0.15, 0.2) is 34.9 Å². The number of oxazole rings is 1. The second-order valence-electron chi connectivity index (χ2n) is 5.91. The van der Waals surface area contributed by atoms with Crippen LogP contribution in [0.4, 0.5) is 5.69 Å². The van der Waals surface area contributed by atoms with Crippen molar-refractivity contribution >= 4 is 24.0 Å². The maximum absolute atomic E-state index is 12.7. The molecule has 7 heteroatoms. The minimum atomic E-state index is -0.548. The molecule has 0 radical (unpaired) electrons. The molecular formula is C17H22ClN3O3. The molecule has 1 fully saturated rings. The fourth-order valence-corrected chi connectivity index (χ4v) is 2.77. The minimum absolute atomic E-state index is 0. The van der Waals surface area contributed by atoms with Crippen molar-refractivity contribution in [2.45, 2.75) is 19.8 Å². The zero-order chi connectivity index (χ0) is 16.3. The third-order valence-corrected chi connectivity index (χ3v) is 4.31. The predicted octanol–water partition coefficient (Wildman–Crippen LogP) is 2.77. The lowest BCUT2D eigenvalue weighted by atomic mass is 9.79. The van der Waals surface area contributed by atoms with Gasteiger partial charge in [-0.1, -0.05) is 6.07 Å². The Bertz CT molecular complexity index is 696. The maximum atomic E-state index is 12.7. The van der Waals surface area contributed by atoms with Crippen molar-refractivity contribution in [1.82, 2.24) is 4.98 Å². The largest absolute Gasteiger partial charge is 0.441 e. The van der Waals surface area contributed by atoms with Crippen molar-refractivity contribution in [3.8, 4) is 11.5 Å². The molecule has 2 heterocycles. The molecular weight excluding hydrogens is 330 g/mol. The van der Waals surface area contributed by atoms with E-state index in [1.165, 1.54) is 0 Å². The molecule has 3 rings (SSSR count). The average molecular weight is 352 g/mol. The number of ether oxygens (including phenoxy) is 1. The van der Waals surface area contributed by atoms with E-state index < -0.39 is 5.41 Å². The first-order valence-electron chi connectivity index (χ1n) is 7.75. The van der Waals surface area contributed by atoms with Gasteiger partial charge in [-0.3, -0.25) is 4.79 Å². The van der Waals surface area contributed by atoms with Gasteiger partial charge in [-0.25, -0.2) is 4.98 Å². The topological polar surface area (TPSA) is 90.4 Å². The van der Waals surface area contributed by atoms with Crippen LogP contribution >= 0.6 is 12.4 Å². The van der Waals surface area contributed by atoms with Crippen LogP contribution in [0.5, 0.6) is 0 Å². The van der Waals surface area contributed by atoms with Gasteiger partial charge < -0.3 is 20.2 Å². The summed E-state index contributed by atoms with van der Waals surface area (Å²) in [6.45, 7) is 3.31. The van der Waals surface area contributed by atoms with Crippen LogP contribution in [-0.4, -0.2) is 30.6 Å². The van der Waals surface area contributed by atoms with E-state index in [4.69, 9.17) is 14.9 Å². The summed E-state index contributed by atoms with van der Waals surface area (Å²) >= 11 is 0. The van der Waals surface area contributed by atoms with Gasteiger partial charge in [-0.2, -0.15) is 0 Å². The summed E-state index contributed by atoms with van der Waals surface area (Å²) < 4.78 is 10.9.